The minimum Gasteiger partial charge on any atom is -0.485 e. The quantitative estimate of drug-likeness (QED) is 0.469. The van der Waals surface area contributed by atoms with E-state index in [-0.39, 0.29) is 12.5 Å². The zero-order valence-corrected chi connectivity index (χ0v) is 17.9. The summed E-state index contributed by atoms with van der Waals surface area (Å²) in [7, 11) is 0. The van der Waals surface area contributed by atoms with E-state index in [0.29, 0.717) is 21.5 Å². The molecule has 0 aliphatic carbocycles. The number of amides is 1. The summed E-state index contributed by atoms with van der Waals surface area (Å²) in [6.07, 6.45) is 0.821. The highest BCUT2D eigenvalue weighted by Gasteiger charge is 2.27. The third-order valence-corrected chi connectivity index (χ3v) is 5.63. The lowest BCUT2D eigenvalue weighted by Gasteiger charge is -2.24. The fourth-order valence-electron chi connectivity index (χ4n) is 3.34. The van der Waals surface area contributed by atoms with Crippen LogP contribution < -0.4 is 14.9 Å². The number of benzene rings is 2. The number of halogens is 2. The maximum Gasteiger partial charge on any atom is 0.284 e. The number of para-hydroxylation sites is 2. The van der Waals surface area contributed by atoms with Gasteiger partial charge in [0.15, 0.2) is 11.5 Å². The van der Waals surface area contributed by atoms with Crippen LogP contribution in [0.4, 0.5) is 0 Å². The Hall–Kier alpha value is -2.96. The first-order valence-corrected chi connectivity index (χ1v) is 10.1. The molecule has 0 fully saturated rings. The molecule has 1 N–H and O–H groups in total. The summed E-state index contributed by atoms with van der Waals surface area (Å²) in [5.74, 6) is 0.777. The SMILES string of the molecule is Cc1cc(/C=N\NC(=O)[C@@H]2COc3ccccc3O2)c(C)n1-c1cccc(Cl)c1Cl. The van der Waals surface area contributed by atoms with Gasteiger partial charge < -0.3 is 14.0 Å². The first kappa shape index (κ1) is 20.3. The van der Waals surface area contributed by atoms with Gasteiger partial charge in [-0.25, -0.2) is 5.43 Å². The Morgan fingerprint density at radius 3 is 2.73 bits per heavy atom. The number of hydrogen-bond donors (Lipinski definition) is 1. The van der Waals surface area contributed by atoms with Crippen LogP contribution in [0.1, 0.15) is 17.0 Å². The molecule has 4 rings (SSSR count). The number of hydrazone groups is 1. The van der Waals surface area contributed by atoms with Crippen molar-refractivity contribution < 1.29 is 14.3 Å². The summed E-state index contributed by atoms with van der Waals surface area (Å²) in [5.41, 5.74) is 6.03. The van der Waals surface area contributed by atoms with E-state index >= 15 is 0 Å². The molecule has 2 heterocycles. The number of hydrogen-bond acceptors (Lipinski definition) is 4. The van der Waals surface area contributed by atoms with Crippen LogP contribution in [-0.2, 0) is 4.79 Å². The summed E-state index contributed by atoms with van der Waals surface area (Å²) in [5, 5.41) is 5.05. The van der Waals surface area contributed by atoms with Gasteiger partial charge in [-0.3, -0.25) is 4.79 Å². The summed E-state index contributed by atoms with van der Waals surface area (Å²) < 4.78 is 13.2. The Bertz CT molecular complexity index is 1140. The van der Waals surface area contributed by atoms with Gasteiger partial charge in [-0.05, 0) is 44.2 Å². The van der Waals surface area contributed by atoms with Crippen LogP contribution in [0.5, 0.6) is 11.5 Å². The number of carbonyl (C=O) groups is 1. The Morgan fingerprint density at radius 2 is 1.93 bits per heavy atom. The molecular formula is C22H19Cl2N3O3. The van der Waals surface area contributed by atoms with Gasteiger partial charge in [-0.1, -0.05) is 41.4 Å². The van der Waals surface area contributed by atoms with Gasteiger partial charge in [0.25, 0.3) is 5.91 Å². The normalized spacial score (nSPS) is 15.4. The molecule has 8 heteroatoms. The maximum absolute atomic E-state index is 12.4. The molecule has 0 spiro atoms. The average molecular weight is 444 g/mol. The molecule has 1 atom stereocenters. The second-order valence-electron chi connectivity index (χ2n) is 6.83. The van der Waals surface area contributed by atoms with Crippen molar-refractivity contribution >= 4 is 35.3 Å². The molecule has 0 radical (unpaired) electrons. The van der Waals surface area contributed by atoms with Crippen molar-refractivity contribution in [3.63, 3.8) is 0 Å². The highest BCUT2D eigenvalue weighted by molar-refractivity contribution is 6.43. The molecule has 0 bridgehead atoms. The van der Waals surface area contributed by atoms with Gasteiger partial charge in [0, 0.05) is 17.0 Å². The van der Waals surface area contributed by atoms with Crippen LogP contribution in [0.3, 0.4) is 0 Å². The van der Waals surface area contributed by atoms with E-state index in [1.807, 2.05) is 48.7 Å². The fraction of sp³-hybridized carbons (Fsp3) is 0.182. The first-order valence-electron chi connectivity index (χ1n) is 9.30. The van der Waals surface area contributed by atoms with Crippen LogP contribution in [0.25, 0.3) is 5.69 Å². The van der Waals surface area contributed by atoms with E-state index in [2.05, 4.69) is 10.5 Å². The van der Waals surface area contributed by atoms with Crippen LogP contribution in [0, 0.1) is 13.8 Å². The number of rotatable bonds is 4. The summed E-state index contributed by atoms with van der Waals surface area (Å²) in [6.45, 7) is 4.04. The van der Waals surface area contributed by atoms with Gasteiger partial charge in [-0.2, -0.15) is 5.10 Å². The second-order valence-corrected chi connectivity index (χ2v) is 7.62. The number of ether oxygens (including phenoxy) is 2. The van der Waals surface area contributed by atoms with Crippen molar-refractivity contribution in [1.29, 1.82) is 0 Å². The molecule has 1 aliphatic rings. The van der Waals surface area contributed by atoms with Gasteiger partial charge in [-0.15, -0.1) is 0 Å². The largest absolute Gasteiger partial charge is 0.485 e. The van der Waals surface area contributed by atoms with Gasteiger partial charge in [0.05, 0.1) is 21.9 Å². The van der Waals surface area contributed by atoms with Crippen molar-refractivity contribution in [2.45, 2.75) is 20.0 Å². The fourth-order valence-corrected chi connectivity index (χ4v) is 3.72. The smallest absolute Gasteiger partial charge is 0.284 e. The molecule has 3 aromatic rings. The standard InChI is InChI=1S/C22H19Cl2N3O3/c1-13-10-15(14(2)27(13)17-7-5-6-16(23)21(17)24)11-25-26-22(28)20-12-29-18-8-3-4-9-19(18)30-20/h3-11,20H,12H2,1-2H3,(H,26,28)/b25-11-/t20-/m0/s1. The lowest BCUT2D eigenvalue weighted by molar-refractivity contribution is -0.130. The molecule has 0 unspecified atom stereocenters. The van der Waals surface area contributed by atoms with Crippen LogP contribution in [0.15, 0.2) is 53.6 Å². The van der Waals surface area contributed by atoms with E-state index in [1.165, 1.54) is 0 Å². The van der Waals surface area contributed by atoms with Crippen molar-refractivity contribution in [2.75, 3.05) is 6.61 Å². The zero-order valence-electron chi connectivity index (χ0n) is 16.4. The van der Waals surface area contributed by atoms with Crippen molar-refractivity contribution in [3.05, 3.63) is 75.5 Å². The predicted molar refractivity (Wildman–Crippen MR) is 117 cm³/mol. The Labute approximate surface area is 184 Å². The Balaban J connectivity index is 1.48. The molecule has 6 nitrogen and oxygen atoms in total. The lowest BCUT2D eigenvalue weighted by atomic mass is 10.2. The Morgan fingerprint density at radius 1 is 1.17 bits per heavy atom. The molecule has 0 saturated heterocycles. The lowest BCUT2D eigenvalue weighted by Crippen LogP contribution is -2.42. The summed E-state index contributed by atoms with van der Waals surface area (Å²) >= 11 is 12.5. The van der Waals surface area contributed by atoms with E-state index < -0.39 is 6.10 Å². The molecule has 30 heavy (non-hydrogen) atoms. The Kier molecular flexibility index (Phi) is 5.70. The topological polar surface area (TPSA) is 64.8 Å². The minimum absolute atomic E-state index is 0.125. The number of nitrogens with one attached hydrogen (secondary N) is 1. The molecule has 1 amide bonds. The highest BCUT2D eigenvalue weighted by atomic mass is 35.5. The van der Waals surface area contributed by atoms with Crippen molar-refractivity contribution in [1.82, 2.24) is 9.99 Å². The zero-order chi connectivity index (χ0) is 21.3. The number of fused-ring (bicyclic) bond motifs is 1. The molecule has 0 saturated carbocycles. The third kappa shape index (κ3) is 3.88. The van der Waals surface area contributed by atoms with E-state index in [0.717, 1.165) is 22.6 Å². The van der Waals surface area contributed by atoms with Crippen LogP contribution in [-0.4, -0.2) is 29.4 Å². The second kappa shape index (κ2) is 8.42. The number of carbonyl (C=O) groups excluding carboxylic acids is 1. The third-order valence-electron chi connectivity index (χ3n) is 4.82. The predicted octanol–water partition coefficient (Wildman–Crippen LogP) is 4.69. The number of nitrogens with zero attached hydrogens (tertiary/aromatic N) is 2. The molecule has 154 valence electrons. The van der Waals surface area contributed by atoms with E-state index in [9.17, 15) is 4.79 Å². The van der Waals surface area contributed by atoms with Gasteiger partial charge >= 0.3 is 0 Å². The van der Waals surface area contributed by atoms with Crippen molar-refractivity contribution in [3.8, 4) is 17.2 Å². The number of aromatic nitrogens is 1. The highest BCUT2D eigenvalue weighted by Crippen LogP contribution is 2.32. The van der Waals surface area contributed by atoms with Crippen LogP contribution >= 0.6 is 23.2 Å². The summed E-state index contributed by atoms with van der Waals surface area (Å²) in [6, 6.07) is 14.7. The first-order chi connectivity index (χ1) is 14.5. The number of aryl methyl sites for hydroxylation is 1. The van der Waals surface area contributed by atoms with Gasteiger partial charge in [0.2, 0.25) is 6.10 Å². The molecule has 1 aliphatic heterocycles. The minimum atomic E-state index is -0.769. The molecular weight excluding hydrogens is 425 g/mol. The van der Waals surface area contributed by atoms with E-state index in [4.69, 9.17) is 32.7 Å². The summed E-state index contributed by atoms with van der Waals surface area (Å²) in [4.78, 5) is 12.4. The maximum atomic E-state index is 12.4. The average Bonchev–Trinajstić information content (AvgIpc) is 3.03. The monoisotopic (exact) mass is 443 g/mol. The van der Waals surface area contributed by atoms with E-state index in [1.54, 1.807) is 24.4 Å². The molecule has 1 aromatic heterocycles. The molecule has 2 aromatic carbocycles. The van der Waals surface area contributed by atoms with Crippen LogP contribution in [0.2, 0.25) is 10.0 Å². The van der Waals surface area contributed by atoms with Gasteiger partial charge in [0.1, 0.15) is 6.61 Å². The van der Waals surface area contributed by atoms with Crippen molar-refractivity contribution in [2.24, 2.45) is 5.10 Å².